The molecule has 0 amide bonds. The van der Waals surface area contributed by atoms with Crippen molar-refractivity contribution in [2.24, 2.45) is 10.7 Å². The number of rotatable bonds is 5. The maximum Gasteiger partial charge on any atom is 0.193 e. The Balaban J connectivity index is 1.52. The fourth-order valence-corrected chi connectivity index (χ4v) is 2.95. The molecule has 0 atom stereocenters. The Hall–Kier alpha value is -2.37. The molecular formula is C21H28N4O. The highest BCUT2D eigenvalue weighted by atomic mass is 16.5. The molecule has 1 fully saturated rings. The number of guanidine groups is 1. The van der Waals surface area contributed by atoms with Crippen molar-refractivity contribution in [2.75, 3.05) is 31.6 Å². The van der Waals surface area contributed by atoms with Crippen molar-refractivity contribution in [1.82, 2.24) is 4.90 Å². The summed E-state index contributed by atoms with van der Waals surface area (Å²) in [7, 11) is 0. The van der Waals surface area contributed by atoms with Crippen molar-refractivity contribution in [1.29, 1.82) is 0 Å². The molecule has 0 aromatic heterocycles. The number of morpholine rings is 1. The van der Waals surface area contributed by atoms with Crippen LogP contribution in [0.5, 0.6) is 0 Å². The molecule has 0 spiro atoms. The van der Waals surface area contributed by atoms with E-state index in [0.29, 0.717) is 12.5 Å². The van der Waals surface area contributed by atoms with E-state index < -0.39 is 0 Å². The Morgan fingerprint density at radius 2 is 1.73 bits per heavy atom. The van der Waals surface area contributed by atoms with Crippen molar-refractivity contribution >= 4 is 11.6 Å². The van der Waals surface area contributed by atoms with Gasteiger partial charge in [0.2, 0.25) is 0 Å². The summed E-state index contributed by atoms with van der Waals surface area (Å²) in [6, 6.07) is 14.8. The number of nitrogens with zero attached hydrogens (tertiary/aromatic N) is 2. The van der Waals surface area contributed by atoms with Crippen LogP contribution in [0.15, 0.2) is 47.5 Å². The van der Waals surface area contributed by atoms with Crippen LogP contribution in [-0.4, -0.2) is 37.2 Å². The Bertz CT molecular complexity index is 749. The lowest BCUT2D eigenvalue weighted by Crippen LogP contribution is -2.35. The van der Waals surface area contributed by atoms with Gasteiger partial charge in [0, 0.05) is 25.3 Å². The lowest BCUT2D eigenvalue weighted by molar-refractivity contribution is 0.0342. The van der Waals surface area contributed by atoms with Gasteiger partial charge in [-0.15, -0.1) is 0 Å². The summed E-state index contributed by atoms with van der Waals surface area (Å²) < 4.78 is 5.39. The molecule has 1 aliphatic rings. The van der Waals surface area contributed by atoms with Crippen LogP contribution in [0.4, 0.5) is 5.69 Å². The number of aryl methyl sites for hydroxylation is 2. The van der Waals surface area contributed by atoms with Crippen molar-refractivity contribution in [2.45, 2.75) is 26.9 Å². The quantitative estimate of drug-likeness (QED) is 0.641. The van der Waals surface area contributed by atoms with Gasteiger partial charge in [0.25, 0.3) is 0 Å². The number of nitrogens with two attached hydrogens (primary N) is 1. The van der Waals surface area contributed by atoms with Crippen LogP contribution >= 0.6 is 0 Å². The van der Waals surface area contributed by atoms with E-state index in [4.69, 9.17) is 10.5 Å². The molecule has 3 rings (SSSR count). The van der Waals surface area contributed by atoms with Gasteiger partial charge in [-0.05, 0) is 48.2 Å². The van der Waals surface area contributed by atoms with Crippen molar-refractivity contribution in [3.05, 3.63) is 64.7 Å². The summed E-state index contributed by atoms with van der Waals surface area (Å²) in [6.45, 7) is 9.41. The first-order valence-corrected chi connectivity index (χ1v) is 9.12. The van der Waals surface area contributed by atoms with Gasteiger partial charge in [-0.25, -0.2) is 4.99 Å². The SMILES string of the molecule is Cc1ccc(NC(N)=NCc2ccc(CN3CCOCC3)cc2)cc1C. The second-order valence-electron chi connectivity index (χ2n) is 6.83. The average molecular weight is 352 g/mol. The number of hydrogen-bond acceptors (Lipinski definition) is 3. The molecule has 138 valence electrons. The maximum atomic E-state index is 6.02. The first kappa shape index (κ1) is 18.4. The minimum atomic E-state index is 0.436. The second kappa shape index (κ2) is 8.83. The van der Waals surface area contributed by atoms with Crippen molar-refractivity contribution in [3.63, 3.8) is 0 Å². The average Bonchev–Trinajstić information content (AvgIpc) is 2.65. The van der Waals surface area contributed by atoms with Gasteiger partial charge >= 0.3 is 0 Å². The van der Waals surface area contributed by atoms with Gasteiger partial charge in [-0.2, -0.15) is 0 Å². The summed E-state index contributed by atoms with van der Waals surface area (Å²) in [6.07, 6.45) is 0. The smallest absolute Gasteiger partial charge is 0.193 e. The zero-order chi connectivity index (χ0) is 18.4. The van der Waals surface area contributed by atoms with Crippen LogP contribution in [0, 0.1) is 13.8 Å². The molecule has 1 saturated heterocycles. The fourth-order valence-electron chi connectivity index (χ4n) is 2.95. The Labute approximate surface area is 155 Å². The number of ether oxygens (including phenoxy) is 1. The monoisotopic (exact) mass is 352 g/mol. The highest BCUT2D eigenvalue weighted by molar-refractivity contribution is 5.92. The van der Waals surface area contributed by atoms with E-state index in [1.54, 1.807) is 0 Å². The highest BCUT2D eigenvalue weighted by Gasteiger charge is 2.10. The third-order valence-electron chi connectivity index (χ3n) is 4.74. The largest absolute Gasteiger partial charge is 0.379 e. The van der Waals surface area contributed by atoms with E-state index in [0.717, 1.165) is 44.1 Å². The highest BCUT2D eigenvalue weighted by Crippen LogP contribution is 2.14. The van der Waals surface area contributed by atoms with Crippen molar-refractivity contribution in [3.8, 4) is 0 Å². The van der Waals surface area contributed by atoms with Gasteiger partial charge in [0.1, 0.15) is 0 Å². The molecule has 5 heteroatoms. The molecule has 2 aromatic rings. The summed E-state index contributed by atoms with van der Waals surface area (Å²) in [5, 5.41) is 3.15. The molecule has 0 aliphatic carbocycles. The van der Waals surface area contributed by atoms with E-state index in [2.05, 4.69) is 65.5 Å². The molecule has 5 nitrogen and oxygen atoms in total. The molecule has 2 aromatic carbocycles. The third-order valence-corrected chi connectivity index (χ3v) is 4.74. The molecule has 1 heterocycles. The summed E-state index contributed by atoms with van der Waals surface area (Å²) in [4.78, 5) is 6.86. The van der Waals surface area contributed by atoms with Gasteiger partial charge in [-0.3, -0.25) is 4.90 Å². The lowest BCUT2D eigenvalue weighted by atomic mass is 10.1. The molecule has 3 N–H and O–H groups in total. The van der Waals surface area contributed by atoms with Crippen LogP contribution < -0.4 is 11.1 Å². The molecule has 0 radical (unpaired) electrons. The van der Waals surface area contributed by atoms with E-state index in [9.17, 15) is 0 Å². The summed E-state index contributed by atoms with van der Waals surface area (Å²) in [5.41, 5.74) is 12.0. The van der Waals surface area contributed by atoms with Gasteiger partial charge < -0.3 is 15.8 Å². The van der Waals surface area contributed by atoms with E-state index >= 15 is 0 Å². The van der Waals surface area contributed by atoms with Crippen molar-refractivity contribution < 1.29 is 4.74 Å². The lowest BCUT2D eigenvalue weighted by Gasteiger charge is -2.26. The maximum absolute atomic E-state index is 6.02. The van der Waals surface area contributed by atoms with Gasteiger partial charge in [-0.1, -0.05) is 30.3 Å². The van der Waals surface area contributed by atoms with E-state index in [-0.39, 0.29) is 0 Å². The van der Waals surface area contributed by atoms with Crippen LogP contribution in [-0.2, 0) is 17.8 Å². The molecule has 1 aliphatic heterocycles. The Kier molecular flexibility index (Phi) is 6.26. The standard InChI is InChI=1S/C21H28N4O/c1-16-3-8-20(13-17(16)2)24-21(22)23-14-18-4-6-19(7-5-18)15-25-9-11-26-12-10-25/h3-8,13H,9-12,14-15H2,1-2H3,(H3,22,23,24). The molecule has 0 saturated carbocycles. The van der Waals surface area contributed by atoms with Crippen LogP contribution in [0.1, 0.15) is 22.3 Å². The first-order chi connectivity index (χ1) is 12.6. The third kappa shape index (κ3) is 5.31. The van der Waals surface area contributed by atoms with Crippen LogP contribution in [0.25, 0.3) is 0 Å². The number of anilines is 1. The summed E-state index contributed by atoms with van der Waals surface area (Å²) in [5.74, 6) is 0.436. The predicted molar refractivity (Wildman–Crippen MR) is 107 cm³/mol. The molecular weight excluding hydrogens is 324 g/mol. The normalized spacial score (nSPS) is 15.8. The zero-order valence-corrected chi connectivity index (χ0v) is 15.7. The fraction of sp³-hybridized carbons (Fsp3) is 0.381. The van der Waals surface area contributed by atoms with Gasteiger partial charge in [0.15, 0.2) is 5.96 Å². The first-order valence-electron chi connectivity index (χ1n) is 9.12. The van der Waals surface area contributed by atoms with Crippen LogP contribution in [0.3, 0.4) is 0 Å². The Morgan fingerprint density at radius 1 is 1.04 bits per heavy atom. The Morgan fingerprint density at radius 3 is 2.42 bits per heavy atom. The number of benzene rings is 2. The van der Waals surface area contributed by atoms with E-state index in [1.165, 1.54) is 16.7 Å². The zero-order valence-electron chi connectivity index (χ0n) is 15.7. The number of hydrogen-bond donors (Lipinski definition) is 2. The minimum absolute atomic E-state index is 0.436. The topological polar surface area (TPSA) is 62.9 Å². The van der Waals surface area contributed by atoms with Gasteiger partial charge in [0.05, 0.1) is 19.8 Å². The predicted octanol–water partition coefficient (Wildman–Crippen LogP) is 3.06. The van der Waals surface area contributed by atoms with Crippen LogP contribution in [0.2, 0.25) is 0 Å². The number of nitrogens with one attached hydrogen (secondary N) is 1. The molecule has 0 bridgehead atoms. The van der Waals surface area contributed by atoms with E-state index in [1.807, 2.05) is 6.07 Å². The molecule has 0 unspecified atom stereocenters. The summed E-state index contributed by atoms with van der Waals surface area (Å²) >= 11 is 0. The minimum Gasteiger partial charge on any atom is -0.379 e. The molecule has 26 heavy (non-hydrogen) atoms. The second-order valence-corrected chi connectivity index (χ2v) is 6.83. The number of aliphatic imine (C=N–C) groups is 1.